The lowest BCUT2D eigenvalue weighted by Gasteiger charge is -2.35. The lowest BCUT2D eigenvalue weighted by Crippen LogP contribution is -2.46. The molecule has 0 fully saturated rings. The van der Waals surface area contributed by atoms with Crippen LogP contribution in [0.2, 0.25) is 0 Å². The second-order valence-corrected chi connectivity index (χ2v) is 6.71. The van der Waals surface area contributed by atoms with E-state index in [-0.39, 0.29) is 18.3 Å². The van der Waals surface area contributed by atoms with Crippen LogP contribution in [-0.2, 0) is 13.1 Å². The Labute approximate surface area is 162 Å². The van der Waals surface area contributed by atoms with Gasteiger partial charge in [0.05, 0.1) is 18.9 Å². The van der Waals surface area contributed by atoms with Crippen molar-refractivity contribution in [3.63, 3.8) is 0 Å². The van der Waals surface area contributed by atoms with Crippen molar-refractivity contribution in [3.8, 4) is 11.4 Å². The summed E-state index contributed by atoms with van der Waals surface area (Å²) in [5, 5.41) is 2.39. The van der Waals surface area contributed by atoms with Gasteiger partial charge in [0.1, 0.15) is 0 Å². The van der Waals surface area contributed by atoms with E-state index in [1.165, 1.54) is 4.90 Å². The van der Waals surface area contributed by atoms with Gasteiger partial charge in [0.15, 0.2) is 29.1 Å². The molecule has 0 unspecified atom stereocenters. The number of hydrogen-bond acceptors (Lipinski definition) is 3. The largest absolute Gasteiger partial charge is 0.347 e. The van der Waals surface area contributed by atoms with E-state index in [0.29, 0.717) is 30.1 Å². The zero-order valence-corrected chi connectivity index (χ0v) is 15.2. The fraction of sp³-hybridized carbons (Fsp3) is 0.211. The first-order valence-electron chi connectivity index (χ1n) is 8.71. The summed E-state index contributed by atoms with van der Waals surface area (Å²) in [7, 11) is 0. The van der Waals surface area contributed by atoms with E-state index in [9.17, 15) is 22.4 Å². The number of amides is 2. The van der Waals surface area contributed by atoms with Gasteiger partial charge < -0.3 is 14.8 Å². The van der Waals surface area contributed by atoms with Gasteiger partial charge in [0.2, 0.25) is 0 Å². The molecule has 6 nitrogen and oxygen atoms in total. The third-order valence-corrected chi connectivity index (χ3v) is 4.75. The van der Waals surface area contributed by atoms with Crippen molar-refractivity contribution >= 4 is 11.7 Å². The van der Waals surface area contributed by atoms with Gasteiger partial charge in [-0.25, -0.2) is 32.3 Å². The van der Waals surface area contributed by atoms with Crippen molar-refractivity contribution in [1.82, 2.24) is 19.4 Å². The highest BCUT2D eigenvalue weighted by Gasteiger charge is 2.29. The van der Waals surface area contributed by atoms with E-state index >= 15 is 0 Å². The normalized spacial score (nSPS) is 15.9. The average molecular weight is 405 g/mol. The predicted molar refractivity (Wildman–Crippen MR) is 95.8 cm³/mol. The molecule has 0 aliphatic carbocycles. The van der Waals surface area contributed by atoms with Crippen LogP contribution in [-0.4, -0.2) is 31.5 Å². The van der Waals surface area contributed by atoms with E-state index in [4.69, 9.17) is 0 Å². The number of carbonyl (C=O) groups is 1. The molecule has 0 saturated carbocycles. The molecule has 150 valence electrons. The van der Waals surface area contributed by atoms with Gasteiger partial charge in [0, 0.05) is 47.9 Å². The smallest absolute Gasteiger partial charge is 0.322 e. The minimum Gasteiger partial charge on any atom is -0.347 e. The topological polar surface area (TPSA) is 63.1 Å². The molecular weight excluding hydrogens is 390 g/mol. The van der Waals surface area contributed by atoms with Gasteiger partial charge in [-0.3, -0.25) is 0 Å². The van der Waals surface area contributed by atoms with E-state index in [1.807, 2.05) is 17.7 Å². The summed E-state index contributed by atoms with van der Waals surface area (Å²) < 4.78 is 55.0. The molecule has 2 amide bonds. The van der Waals surface area contributed by atoms with Crippen LogP contribution in [0.15, 0.2) is 36.8 Å². The van der Waals surface area contributed by atoms with Crippen LogP contribution < -0.4 is 5.32 Å². The maximum atomic E-state index is 13.4. The average Bonchev–Trinajstić information content (AvgIpc) is 3.08. The van der Waals surface area contributed by atoms with Gasteiger partial charge in [-0.15, -0.1) is 0 Å². The summed E-state index contributed by atoms with van der Waals surface area (Å²) >= 11 is 0. The van der Waals surface area contributed by atoms with E-state index in [2.05, 4.69) is 15.3 Å². The molecule has 3 heterocycles. The SMILES string of the molecule is C[C@H]1Cn2ccc(-c3ncc(F)cn3)c2CN1C(=O)Nc1cc(F)c(F)c(F)c1. The minimum atomic E-state index is -1.60. The summed E-state index contributed by atoms with van der Waals surface area (Å²) in [5.74, 6) is -4.63. The van der Waals surface area contributed by atoms with Crippen LogP contribution in [0.5, 0.6) is 0 Å². The molecule has 1 aromatic carbocycles. The van der Waals surface area contributed by atoms with Crippen LogP contribution in [0, 0.1) is 23.3 Å². The summed E-state index contributed by atoms with van der Waals surface area (Å²) in [4.78, 5) is 22.1. The quantitative estimate of drug-likeness (QED) is 0.519. The molecule has 2 aromatic heterocycles. The zero-order valence-electron chi connectivity index (χ0n) is 15.2. The number of halogens is 4. The fourth-order valence-corrected chi connectivity index (χ4v) is 3.30. The number of hydrogen-bond donors (Lipinski definition) is 1. The standard InChI is InChI=1S/C19H15F4N5O/c1-10-8-27-3-2-13(18-24-6-11(20)7-25-18)16(27)9-28(10)19(29)26-12-4-14(21)17(23)15(22)5-12/h2-7,10H,8-9H2,1H3,(H,26,29)/t10-/m0/s1. The molecule has 10 heteroatoms. The Morgan fingerprint density at radius 1 is 1.14 bits per heavy atom. The van der Waals surface area contributed by atoms with Crippen molar-refractivity contribution in [2.24, 2.45) is 0 Å². The third-order valence-electron chi connectivity index (χ3n) is 4.75. The van der Waals surface area contributed by atoms with Crippen molar-refractivity contribution in [2.45, 2.75) is 26.1 Å². The third kappa shape index (κ3) is 3.53. The lowest BCUT2D eigenvalue weighted by atomic mass is 10.1. The van der Waals surface area contributed by atoms with Crippen LogP contribution in [0.3, 0.4) is 0 Å². The van der Waals surface area contributed by atoms with Crippen molar-refractivity contribution in [2.75, 3.05) is 5.32 Å². The number of carbonyl (C=O) groups excluding carboxylic acids is 1. The minimum absolute atomic E-state index is 0.169. The van der Waals surface area contributed by atoms with Gasteiger partial charge >= 0.3 is 6.03 Å². The number of urea groups is 1. The fourth-order valence-electron chi connectivity index (χ4n) is 3.30. The zero-order chi connectivity index (χ0) is 20.7. The van der Waals surface area contributed by atoms with Crippen LogP contribution in [0.25, 0.3) is 11.4 Å². The summed E-state index contributed by atoms with van der Waals surface area (Å²) in [6.07, 6.45) is 3.94. The van der Waals surface area contributed by atoms with Crippen LogP contribution >= 0.6 is 0 Å². The number of anilines is 1. The van der Waals surface area contributed by atoms with Crippen LogP contribution in [0.4, 0.5) is 28.0 Å². The Kier molecular flexibility index (Phi) is 4.69. The van der Waals surface area contributed by atoms with E-state index < -0.39 is 29.3 Å². The second kappa shape index (κ2) is 7.19. The second-order valence-electron chi connectivity index (χ2n) is 6.71. The highest BCUT2D eigenvalue weighted by atomic mass is 19.2. The number of rotatable bonds is 2. The van der Waals surface area contributed by atoms with Gasteiger partial charge in [-0.1, -0.05) is 0 Å². The van der Waals surface area contributed by atoms with Crippen molar-refractivity contribution in [3.05, 3.63) is 65.8 Å². The maximum Gasteiger partial charge on any atom is 0.322 e. The molecule has 1 aliphatic heterocycles. The molecule has 0 saturated heterocycles. The van der Waals surface area contributed by atoms with Crippen LogP contribution in [0.1, 0.15) is 12.6 Å². The van der Waals surface area contributed by atoms with Gasteiger partial charge in [0.25, 0.3) is 0 Å². The highest BCUT2D eigenvalue weighted by molar-refractivity contribution is 5.89. The summed E-state index contributed by atoms with van der Waals surface area (Å²) in [6.45, 7) is 2.46. The predicted octanol–water partition coefficient (Wildman–Crippen LogP) is 3.94. The van der Waals surface area contributed by atoms with Crippen molar-refractivity contribution in [1.29, 1.82) is 0 Å². The Bertz CT molecular complexity index is 1060. The number of nitrogens with zero attached hydrogens (tertiary/aromatic N) is 4. The molecule has 1 aliphatic rings. The summed E-state index contributed by atoms with van der Waals surface area (Å²) in [6, 6.07) is 2.38. The van der Waals surface area contributed by atoms with E-state index in [1.54, 1.807) is 6.07 Å². The molecule has 0 spiro atoms. The Morgan fingerprint density at radius 2 is 1.79 bits per heavy atom. The van der Waals surface area contributed by atoms with Crippen molar-refractivity contribution < 1.29 is 22.4 Å². The Balaban J connectivity index is 1.59. The maximum absolute atomic E-state index is 13.4. The molecule has 1 N–H and O–H groups in total. The summed E-state index contributed by atoms with van der Waals surface area (Å²) in [5.41, 5.74) is 1.19. The molecule has 29 heavy (non-hydrogen) atoms. The number of nitrogens with one attached hydrogen (secondary N) is 1. The first-order valence-corrected chi connectivity index (χ1v) is 8.71. The molecule has 4 rings (SSSR count). The monoisotopic (exact) mass is 405 g/mol. The Hall–Kier alpha value is -3.43. The molecular formula is C19H15F4N5O. The first-order chi connectivity index (χ1) is 13.8. The molecule has 1 atom stereocenters. The number of benzene rings is 1. The van der Waals surface area contributed by atoms with E-state index in [0.717, 1.165) is 18.1 Å². The van der Waals surface area contributed by atoms with Gasteiger partial charge in [-0.2, -0.15) is 0 Å². The Morgan fingerprint density at radius 3 is 2.45 bits per heavy atom. The number of aromatic nitrogens is 3. The molecule has 3 aromatic rings. The highest BCUT2D eigenvalue weighted by Crippen LogP contribution is 2.28. The molecule has 0 bridgehead atoms. The first kappa shape index (κ1) is 18.9. The lowest BCUT2D eigenvalue weighted by molar-refractivity contribution is 0.166. The van der Waals surface area contributed by atoms with Gasteiger partial charge in [-0.05, 0) is 13.0 Å². The molecule has 0 radical (unpaired) electrons. The number of fused-ring (bicyclic) bond motifs is 1.